The lowest BCUT2D eigenvalue weighted by Gasteiger charge is -2.35. The van der Waals surface area contributed by atoms with Crippen molar-refractivity contribution in [3.63, 3.8) is 0 Å². The molecule has 1 fully saturated rings. The lowest BCUT2D eigenvalue weighted by molar-refractivity contribution is -0.131. The highest BCUT2D eigenvalue weighted by Crippen LogP contribution is 2.19. The predicted molar refractivity (Wildman–Crippen MR) is 97.3 cm³/mol. The molecule has 1 aliphatic heterocycles. The number of carbonyl (C=O) groups is 2. The van der Waals surface area contributed by atoms with E-state index in [0.717, 1.165) is 11.3 Å². The SMILES string of the molecule is COc1cccc(CC(=O)N2CCN(C(=O)c3ccccc3O)CC2)c1. The molecule has 136 valence electrons. The monoisotopic (exact) mass is 354 g/mol. The third-order valence-electron chi connectivity index (χ3n) is 4.54. The van der Waals surface area contributed by atoms with Crippen LogP contribution in [0.25, 0.3) is 0 Å². The van der Waals surface area contributed by atoms with Gasteiger partial charge >= 0.3 is 0 Å². The number of phenols is 1. The van der Waals surface area contributed by atoms with E-state index in [1.54, 1.807) is 35.1 Å². The molecule has 6 nitrogen and oxygen atoms in total. The van der Waals surface area contributed by atoms with Crippen LogP contribution in [-0.2, 0) is 11.2 Å². The molecule has 0 radical (unpaired) electrons. The third-order valence-corrected chi connectivity index (χ3v) is 4.54. The van der Waals surface area contributed by atoms with E-state index in [2.05, 4.69) is 0 Å². The Labute approximate surface area is 152 Å². The molecule has 3 rings (SSSR count). The zero-order chi connectivity index (χ0) is 18.5. The van der Waals surface area contributed by atoms with E-state index in [9.17, 15) is 14.7 Å². The van der Waals surface area contributed by atoms with Gasteiger partial charge in [0.2, 0.25) is 5.91 Å². The Hall–Kier alpha value is -3.02. The molecule has 0 atom stereocenters. The van der Waals surface area contributed by atoms with Crippen molar-refractivity contribution in [1.29, 1.82) is 0 Å². The maximum Gasteiger partial charge on any atom is 0.257 e. The van der Waals surface area contributed by atoms with E-state index in [4.69, 9.17) is 4.74 Å². The maximum atomic E-state index is 12.5. The fourth-order valence-electron chi connectivity index (χ4n) is 3.05. The molecule has 0 aliphatic carbocycles. The molecule has 1 N–H and O–H groups in total. The Morgan fingerprint density at radius 2 is 1.69 bits per heavy atom. The number of methoxy groups -OCH3 is 1. The molecule has 0 bridgehead atoms. The summed E-state index contributed by atoms with van der Waals surface area (Å²) in [7, 11) is 1.60. The zero-order valence-corrected chi connectivity index (χ0v) is 14.7. The number of phenolic OH excluding ortho intramolecular Hbond substituents is 1. The Balaban J connectivity index is 1.57. The van der Waals surface area contributed by atoms with E-state index in [1.807, 2.05) is 24.3 Å². The Kier molecular flexibility index (Phi) is 5.41. The van der Waals surface area contributed by atoms with E-state index in [1.165, 1.54) is 6.07 Å². The van der Waals surface area contributed by atoms with Crippen LogP contribution in [0.1, 0.15) is 15.9 Å². The Morgan fingerprint density at radius 3 is 2.38 bits per heavy atom. The van der Waals surface area contributed by atoms with Crippen molar-refractivity contribution in [2.45, 2.75) is 6.42 Å². The second kappa shape index (κ2) is 7.91. The number of para-hydroxylation sites is 1. The van der Waals surface area contributed by atoms with Crippen LogP contribution in [0.15, 0.2) is 48.5 Å². The van der Waals surface area contributed by atoms with Crippen LogP contribution in [-0.4, -0.2) is 60.0 Å². The average Bonchev–Trinajstić information content (AvgIpc) is 2.68. The second-order valence-corrected chi connectivity index (χ2v) is 6.22. The summed E-state index contributed by atoms with van der Waals surface area (Å²) in [6, 6.07) is 14.0. The summed E-state index contributed by atoms with van der Waals surface area (Å²) in [5, 5.41) is 9.84. The van der Waals surface area contributed by atoms with E-state index >= 15 is 0 Å². The molecule has 6 heteroatoms. The van der Waals surface area contributed by atoms with Crippen molar-refractivity contribution in [2.24, 2.45) is 0 Å². The highest BCUT2D eigenvalue weighted by atomic mass is 16.5. The molecule has 0 spiro atoms. The average molecular weight is 354 g/mol. The van der Waals surface area contributed by atoms with Crippen molar-refractivity contribution in [1.82, 2.24) is 9.80 Å². The van der Waals surface area contributed by atoms with Crippen LogP contribution in [0.4, 0.5) is 0 Å². The minimum Gasteiger partial charge on any atom is -0.507 e. The van der Waals surface area contributed by atoms with Gasteiger partial charge in [0.15, 0.2) is 0 Å². The van der Waals surface area contributed by atoms with Crippen molar-refractivity contribution in [2.75, 3.05) is 33.3 Å². The number of carbonyl (C=O) groups excluding carboxylic acids is 2. The van der Waals surface area contributed by atoms with Crippen LogP contribution in [0.2, 0.25) is 0 Å². The Bertz CT molecular complexity index is 798. The number of benzene rings is 2. The molecule has 2 aromatic carbocycles. The van der Waals surface area contributed by atoms with Crippen LogP contribution < -0.4 is 4.74 Å². The topological polar surface area (TPSA) is 70.1 Å². The standard InChI is InChI=1S/C20H22N2O4/c1-26-16-6-4-5-15(13-16)14-19(24)21-9-11-22(12-10-21)20(25)17-7-2-3-8-18(17)23/h2-8,13,23H,9-12,14H2,1H3. The van der Waals surface area contributed by atoms with Gasteiger partial charge in [-0.25, -0.2) is 0 Å². The summed E-state index contributed by atoms with van der Waals surface area (Å²) in [5.74, 6) is 0.540. The first-order valence-electron chi connectivity index (χ1n) is 8.56. The molecule has 1 heterocycles. The van der Waals surface area contributed by atoms with Gasteiger partial charge in [0, 0.05) is 26.2 Å². The van der Waals surface area contributed by atoms with Gasteiger partial charge in [0.25, 0.3) is 5.91 Å². The van der Waals surface area contributed by atoms with Gasteiger partial charge in [-0.05, 0) is 29.8 Å². The summed E-state index contributed by atoms with van der Waals surface area (Å²) in [6.07, 6.45) is 0.310. The van der Waals surface area contributed by atoms with Gasteiger partial charge in [0.05, 0.1) is 19.1 Å². The van der Waals surface area contributed by atoms with Gasteiger partial charge in [0.1, 0.15) is 11.5 Å². The third kappa shape index (κ3) is 3.96. The summed E-state index contributed by atoms with van der Waals surface area (Å²) < 4.78 is 5.18. The lowest BCUT2D eigenvalue weighted by Crippen LogP contribution is -2.51. The van der Waals surface area contributed by atoms with Crippen LogP contribution in [0.5, 0.6) is 11.5 Å². The normalized spacial score (nSPS) is 14.2. The van der Waals surface area contributed by atoms with Crippen molar-refractivity contribution >= 4 is 11.8 Å². The van der Waals surface area contributed by atoms with Crippen LogP contribution >= 0.6 is 0 Å². The first-order chi connectivity index (χ1) is 12.6. The summed E-state index contributed by atoms with van der Waals surface area (Å²) in [5.41, 5.74) is 1.20. The fourth-order valence-corrected chi connectivity index (χ4v) is 3.05. The molecular weight excluding hydrogens is 332 g/mol. The summed E-state index contributed by atoms with van der Waals surface area (Å²) in [6.45, 7) is 1.89. The highest BCUT2D eigenvalue weighted by Gasteiger charge is 2.26. The molecule has 1 aliphatic rings. The van der Waals surface area contributed by atoms with Crippen molar-refractivity contribution < 1.29 is 19.4 Å². The number of piperazine rings is 1. The minimum absolute atomic E-state index is 0.0194. The van der Waals surface area contributed by atoms with Gasteiger partial charge in [-0.15, -0.1) is 0 Å². The van der Waals surface area contributed by atoms with Gasteiger partial charge in [-0.2, -0.15) is 0 Å². The number of hydrogen-bond donors (Lipinski definition) is 1. The van der Waals surface area contributed by atoms with Crippen molar-refractivity contribution in [3.05, 3.63) is 59.7 Å². The molecule has 2 amide bonds. The van der Waals surface area contributed by atoms with Gasteiger partial charge < -0.3 is 19.6 Å². The lowest BCUT2D eigenvalue weighted by atomic mass is 10.1. The molecule has 0 aromatic heterocycles. The number of rotatable bonds is 4. The minimum atomic E-state index is -0.206. The Morgan fingerprint density at radius 1 is 1.00 bits per heavy atom. The molecule has 2 aromatic rings. The van der Waals surface area contributed by atoms with Gasteiger partial charge in [-0.1, -0.05) is 24.3 Å². The van der Waals surface area contributed by atoms with E-state index < -0.39 is 0 Å². The molecule has 26 heavy (non-hydrogen) atoms. The van der Waals surface area contributed by atoms with E-state index in [-0.39, 0.29) is 17.6 Å². The van der Waals surface area contributed by atoms with Crippen LogP contribution in [0.3, 0.4) is 0 Å². The number of nitrogens with zero attached hydrogens (tertiary/aromatic N) is 2. The number of hydrogen-bond acceptors (Lipinski definition) is 4. The van der Waals surface area contributed by atoms with Gasteiger partial charge in [-0.3, -0.25) is 9.59 Å². The van der Waals surface area contributed by atoms with Crippen molar-refractivity contribution in [3.8, 4) is 11.5 Å². The highest BCUT2D eigenvalue weighted by molar-refractivity contribution is 5.97. The predicted octanol–water partition coefficient (Wildman–Crippen LogP) is 1.93. The quantitative estimate of drug-likeness (QED) is 0.911. The molecule has 0 unspecified atom stereocenters. The molecule has 1 saturated heterocycles. The van der Waals surface area contributed by atoms with E-state index in [0.29, 0.717) is 38.2 Å². The largest absolute Gasteiger partial charge is 0.507 e. The maximum absolute atomic E-state index is 12.5. The number of amides is 2. The smallest absolute Gasteiger partial charge is 0.257 e. The summed E-state index contributed by atoms with van der Waals surface area (Å²) >= 11 is 0. The summed E-state index contributed by atoms with van der Waals surface area (Å²) in [4.78, 5) is 28.5. The molecular formula is C20H22N2O4. The fraction of sp³-hybridized carbons (Fsp3) is 0.300. The first-order valence-corrected chi connectivity index (χ1v) is 8.56. The number of ether oxygens (including phenoxy) is 1. The second-order valence-electron chi connectivity index (χ2n) is 6.22. The molecule has 0 saturated carbocycles. The van der Waals surface area contributed by atoms with Crippen LogP contribution in [0, 0.1) is 0 Å². The first kappa shape index (κ1) is 17.8. The zero-order valence-electron chi connectivity index (χ0n) is 14.7. The number of aromatic hydroxyl groups is 1.